The van der Waals surface area contributed by atoms with E-state index in [-0.39, 0.29) is 18.1 Å². The zero-order valence-electron chi connectivity index (χ0n) is 11.9. The second-order valence-electron chi connectivity index (χ2n) is 4.72. The lowest BCUT2D eigenvalue weighted by Crippen LogP contribution is -2.34. The Balaban J connectivity index is 2.16. The van der Waals surface area contributed by atoms with Crippen LogP contribution >= 0.6 is 0 Å². The first-order valence-electron chi connectivity index (χ1n) is 6.68. The minimum Gasteiger partial charge on any atom is -0.489 e. The lowest BCUT2D eigenvalue weighted by atomic mass is 10.3. The Morgan fingerprint density at radius 1 is 1.21 bits per heavy atom. The predicted octanol–water partition coefficient (Wildman–Crippen LogP) is 2.39. The van der Waals surface area contributed by atoms with Crippen molar-refractivity contribution in [1.82, 2.24) is 5.32 Å². The summed E-state index contributed by atoms with van der Waals surface area (Å²) in [5.74, 6) is 0.802. The first-order chi connectivity index (χ1) is 9.08. The fourth-order valence-corrected chi connectivity index (χ4v) is 1.51. The summed E-state index contributed by atoms with van der Waals surface area (Å²) >= 11 is 0. The molecule has 1 N–H and O–H groups in total. The molecule has 1 rings (SSSR count). The van der Waals surface area contributed by atoms with Gasteiger partial charge in [0.25, 0.3) is 0 Å². The van der Waals surface area contributed by atoms with Gasteiger partial charge in [-0.1, -0.05) is 18.2 Å². The first-order valence-corrected chi connectivity index (χ1v) is 6.68. The number of nitrogens with one attached hydrogen (secondary N) is 1. The summed E-state index contributed by atoms with van der Waals surface area (Å²) < 4.78 is 11.0. The highest BCUT2D eigenvalue weighted by Gasteiger charge is 2.07. The minimum absolute atomic E-state index is 0.0100. The molecule has 0 unspecified atom stereocenters. The zero-order chi connectivity index (χ0) is 14.1. The van der Waals surface area contributed by atoms with E-state index in [0.29, 0.717) is 19.6 Å². The van der Waals surface area contributed by atoms with Gasteiger partial charge in [0, 0.05) is 6.42 Å². The lowest BCUT2D eigenvalue weighted by molar-refractivity contribution is -0.122. The fourth-order valence-electron chi connectivity index (χ4n) is 1.51. The number of hydrogen-bond donors (Lipinski definition) is 1. The summed E-state index contributed by atoms with van der Waals surface area (Å²) in [5, 5.41) is 2.83. The number of rotatable bonds is 8. The summed E-state index contributed by atoms with van der Waals surface area (Å²) in [6, 6.07) is 9.57. The fraction of sp³-hybridized carbons (Fsp3) is 0.533. The second kappa shape index (κ2) is 8.53. The minimum atomic E-state index is -0.0580. The van der Waals surface area contributed by atoms with Crippen LogP contribution in [0.5, 0.6) is 5.75 Å². The number of benzene rings is 1. The van der Waals surface area contributed by atoms with Gasteiger partial charge >= 0.3 is 0 Å². The normalized spacial score (nSPS) is 12.2. The van der Waals surface area contributed by atoms with Crippen LogP contribution in [0.15, 0.2) is 30.3 Å². The molecule has 0 bridgehead atoms. The molecular formula is C15H23NO3. The maximum absolute atomic E-state index is 11.5. The van der Waals surface area contributed by atoms with Crippen molar-refractivity contribution in [1.29, 1.82) is 0 Å². The van der Waals surface area contributed by atoms with Crippen molar-refractivity contribution in [2.75, 3.05) is 13.2 Å². The van der Waals surface area contributed by atoms with E-state index >= 15 is 0 Å². The third-order valence-corrected chi connectivity index (χ3v) is 2.45. The molecule has 1 amide bonds. The average molecular weight is 265 g/mol. The number of hydrogen-bond acceptors (Lipinski definition) is 3. The van der Waals surface area contributed by atoms with Crippen LogP contribution in [0.25, 0.3) is 0 Å². The number of amides is 1. The molecule has 0 spiro atoms. The van der Waals surface area contributed by atoms with Crippen molar-refractivity contribution in [2.45, 2.75) is 39.4 Å². The summed E-state index contributed by atoms with van der Waals surface area (Å²) in [6.45, 7) is 6.78. The van der Waals surface area contributed by atoms with Crippen LogP contribution in [-0.4, -0.2) is 31.3 Å². The van der Waals surface area contributed by atoms with Crippen molar-refractivity contribution < 1.29 is 14.3 Å². The third kappa shape index (κ3) is 7.47. The maximum Gasteiger partial charge on any atom is 0.222 e. The van der Waals surface area contributed by atoms with Crippen molar-refractivity contribution in [2.24, 2.45) is 0 Å². The Hall–Kier alpha value is -1.55. The van der Waals surface area contributed by atoms with Gasteiger partial charge in [0.1, 0.15) is 11.9 Å². The monoisotopic (exact) mass is 265 g/mol. The van der Waals surface area contributed by atoms with Crippen molar-refractivity contribution in [3.63, 3.8) is 0 Å². The summed E-state index contributed by atoms with van der Waals surface area (Å²) in [4.78, 5) is 11.5. The second-order valence-corrected chi connectivity index (χ2v) is 4.72. The Bertz CT molecular complexity index is 365. The van der Waals surface area contributed by atoms with Gasteiger partial charge < -0.3 is 14.8 Å². The highest BCUT2D eigenvalue weighted by molar-refractivity contribution is 5.75. The lowest BCUT2D eigenvalue weighted by Gasteiger charge is -2.15. The summed E-state index contributed by atoms with van der Waals surface area (Å²) in [5.41, 5.74) is 0. The summed E-state index contributed by atoms with van der Waals surface area (Å²) in [7, 11) is 0. The van der Waals surface area contributed by atoms with Crippen LogP contribution in [0.2, 0.25) is 0 Å². The molecule has 0 aliphatic rings. The van der Waals surface area contributed by atoms with Gasteiger partial charge in [-0.05, 0) is 32.9 Å². The average Bonchev–Trinajstić information content (AvgIpc) is 2.37. The molecule has 0 aliphatic heterocycles. The first kappa shape index (κ1) is 15.5. The highest BCUT2D eigenvalue weighted by atomic mass is 16.5. The standard InChI is InChI=1S/C15H23NO3/c1-12(2)18-10-9-15(17)16-11-13(3)19-14-7-5-4-6-8-14/h4-8,12-13H,9-11H2,1-3H3,(H,16,17)/t13-/m1/s1. The molecule has 1 aromatic carbocycles. The van der Waals surface area contributed by atoms with Crippen LogP contribution in [0.3, 0.4) is 0 Å². The van der Waals surface area contributed by atoms with Crippen LogP contribution in [-0.2, 0) is 9.53 Å². The molecule has 0 aromatic heterocycles. The molecule has 0 radical (unpaired) electrons. The molecule has 4 nitrogen and oxygen atoms in total. The number of carbonyl (C=O) groups is 1. The van der Waals surface area contributed by atoms with Gasteiger partial charge in [-0.15, -0.1) is 0 Å². The topological polar surface area (TPSA) is 47.6 Å². The highest BCUT2D eigenvalue weighted by Crippen LogP contribution is 2.10. The zero-order valence-corrected chi connectivity index (χ0v) is 11.9. The van der Waals surface area contributed by atoms with Crippen LogP contribution < -0.4 is 10.1 Å². The molecule has 106 valence electrons. The van der Waals surface area contributed by atoms with Gasteiger partial charge in [0.2, 0.25) is 5.91 Å². The van der Waals surface area contributed by atoms with Crippen LogP contribution in [0, 0.1) is 0 Å². The molecular weight excluding hydrogens is 242 g/mol. The van der Waals surface area contributed by atoms with Gasteiger partial charge in [-0.2, -0.15) is 0 Å². The number of ether oxygens (including phenoxy) is 2. The van der Waals surface area contributed by atoms with E-state index in [4.69, 9.17) is 9.47 Å². The molecule has 1 aromatic rings. The van der Waals surface area contributed by atoms with Crippen molar-refractivity contribution >= 4 is 5.91 Å². The molecule has 4 heteroatoms. The van der Waals surface area contributed by atoms with Gasteiger partial charge in [-0.25, -0.2) is 0 Å². The van der Waals surface area contributed by atoms with E-state index in [2.05, 4.69) is 5.32 Å². The molecule has 0 aliphatic carbocycles. The Morgan fingerprint density at radius 2 is 1.89 bits per heavy atom. The Kier molecular flexibility index (Phi) is 6.97. The smallest absolute Gasteiger partial charge is 0.222 e. The van der Waals surface area contributed by atoms with E-state index in [9.17, 15) is 4.79 Å². The Morgan fingerprint density at radius 3 is 2.53 bits per heavy atom. The van der Waals surface area contributed by atoms with E-state index in [1.165, 1.54) is 0 Å². The number of para-hydroxylation sites is 1. The predicted molar refractivity (Wildman–Crippen MR) is 75.2 cm³/mol. The molecule has 19 heavy (non-hydrogen) atoms. The van der Waals surface area contributed by atoms with E-state index in [1.54, 1.807) is 0 Å². The number of carbonyl (C=O) groups excluding carboxylic acids is 1. The quantitative estimate of drug-likeness (QED) is 0.785. The molecule has 0 saturated heterocycles. The van der Waals surface area contributed by atoms with Crippen molar-refractivity contribution in [3.05, 3.63) is 30.3 Å². The molecule has 0 fully saturated rings. The van der Waals surface area contributed by atoms with E-state index in [0.717, 1.165) is 5.75 Å². The molecule has 0 saturated carbocycles. The molecule has 0 heterocycles. The Labute approximate surface area is 115 Å². The third-order valence-electron chi connectivity index (χ3n) is 2.45. The van der Waals surface area contributed by atoms with Gasteiger partial charge in [-0.3, -0.25) is 4.79 Å². The maximum atomic E-state index is 11.5. The van der Waals surface area contributed by atoms with Gasteiger partial charge in [0.05, 0.1) is 19.3 Å². The van der Waals surface area contributed by atoms with Crippen molar-refractivity contribution in [3.8, 4) is 5.75 Å². The van der Waals surface area contributed by atoms with E-state index in [1.807, 2.05) is 51.1 Å². The summed E-state index contributed by atoms with van der Waals surface area (Å²) in [6.07, 6.45) is 0.487. The largest absolute Gasteiger partial charge is 0.489 e. The van der Waals surface area contributed by atoms with Crippen LogP contribution in [0.4, 0.5) is 0 Å². The van der Waals surface area contributed by atoms with E-state index < -0.39 is 0 Å². The van der Waals surface area contributed by atoms with Gasteiger partial charge in [0.15, 0.2) is 0 Å². The molecule has 1 atom stereocenters. The SMILES string of the molecule is CC(C)OCCC(=O)NC[C@@H](C)Oc1ccccc1. The van der Waals surface area contributed by atoms with Crippen LogP contribution in [0.1, 0.15) is 27.2 Å².